The van der Waals surface area contributed by atoms with E-state index in [-0.39, 0.29) is 11.8 Å². The Morgan fingerprint density at radius 2 is 2.24 bits per heavy atom. The molecule has 17 heavy (non-hydrogen) atoms. The SMILES string of the molecule is CCS(=O)(=O)C1CNNC1c1cccc(Cl)c1. The first kappa shape index (κ1) is 12.8. The second-order valence-corrected chi connectivity index (χ2v) is 6.99. The first-order valence-electron chi connectivity index (χ1n) is 5.50. The van der Waals surface area contributed by atoms with Gasteiger partial charge in [0, 0.05) is 17.3 Å². The number of halogens is 1. The molecule has 0 aliphatic carbocycles. The minimum absolute atomic E-state index is 0.151. The molecule has 0 saturated carbocycles. The van der Waals surface area contributed by atoms with Crippen molar-refractivity contribution in [1.82, 2.24) is 10.9 Å². The summed E-state index contributed by atoms with van der Waals surface area (Å²) in [6, 6.07) is 7.04. The molecule has 2 rings (SSSR count). The maximum absolute atomic E-state index is 12.0. The Labute approximate surface area is 106 Å². The van der Waals surface area contributed by atoms with E-state index in [0.717, 1.165) is 5.56 Å². The summed E-state index contributed by atoms with van der Waals surface area (Å²) in [5, 5.41) is 0.176. The Bertz CT molecular complexity index is 504. The van der Waals surface area contributed by atoms with E-state index in [2.05, 4.69) is 10.9 Å². The summed E-state index contributed by atoms with van der Waals surface area (Å²) >= 11 is 5.92. The van der Waals surface area contributed by atoms with Crippen LogP contribution in [0.15, 0.2) is 24.3 Å². The third-order valence-corrected chi connectivity index (χ3v) is 5.41. The first-order chi connectivity index (χ1) is 8.04. The van der Waals surface area contributed by atoms with Crippen molar-refractivity contribution < 1.29 is 8.42 Å². The summed E-state index contributed by atoms with van der Waals surface area (Å²) in [5.74, 6) is 0.151. The van der Waals surface area contributed by atoms with Gasteiger partial charge in [-0.25, -0.2) is 13.8 Å². The first-order valence-corrected chi connectivity index (χ1v) is 7.59. The molecule has 1 aromatic carbocycles. The van der Waals surface area contributed by atoms with Crippen molar-refractivity contribution in [2.75, 3.05) is 12.3 Å². The van der Waals surface area contributed by atoms with Gasteiger partial charge in [-0.15, -0.1) is 0 Å². The minimum Gasteiger partial charge on any atom is -0.256 e. The molecule has 0 radical (unpaired) electrons. The van der Waals surface area contributed by atoms with Crippen LogP contribution in [-0.4, -0.2) is 26.0 Å². The summed E-state index contributed by atoms with van der Waals surface area (Å²) in [6.45, 7) is 2.09. The average molecular weight is 275 g/mol. The Kier molecular flexibility index (Phi) is 3.73. The lowest BCUT2D eigenvalue weighted by molar-refractivity contribution is 0.554. The van der Waals surface area contributed by atoms with Crippen LogP contribution in [-0.2, 0) is 9.84 Å². The molecule has 0 bridgehead atoms. The molecular formula is C11H15ClN2O2S. The average Bonchev–Trinajstić information content (AvgIpc) is 2.78. The number of hydrogen-bond acceptors (Lipinski definition) is 4. The maximum atomic E-state index is 12.0. The van der Waals surface area contributed by atoms with Crippen LogP contribution in [0.5, 0.6) is 0 Å². The molecule has 2 atom stereocenters. The van der Waals surface area contributed by atoms with Crippen molar-refractivity contribution in [2.24, 2.45) is 0 Å². The predicted molar refractivity (Wildman–Crippen MR) is 68.6 cm³/mol. The smallest absolute Gasteiger partial charge is 0.156 e. The highest BCUT2D eigenvalue weighted by molar-refractivity contribution is 7.92. The molecule has 1 aliphatic rings. The van der Waals surface area contributed by atoms with E-state index in [1.54, 1.807) is 19.1 Å². The van der Waals surface area contributed by atoms with E-state index >= 15 is 0 Å². The van der Waals surface area contributed by atoms with E-state index in [9.17, 15) is 8.42 Å². The second kappa shape index (κ2) is 4.94. The van der Waals surface area contributed by atoms with Gasteiger partial charge < -0.3 is 0 Å². The van der Waals surface area contributed by atoms with Crippen molar-refractivity contribution in [2.45, 2.75) is 18.2 Å². The van der Waals surface area contributed by atoms with Crippen molar-refractivity contribution in [3.63, 3.8) is 0 Å². The van der Waals surface area contributed by atoms with Gasteiger partial charge in [0.25, 0.3) is 0 Å². The topological polar surface area (TPSA) is 58.2 Å². The lowest BCUT2D eigenvalue weighted by Gasteiger charge is -2.18. The zero-order valence-electron chi connectivity index (χ0n) is 9.48. The number of hydrazine groups is 1. The molecule has 4 nitrogen and oxygen atoms in total. The summed E-state index contributed by atoms with van der Waals surface area (Å²) in [4.78, 5) is 0. The third-order valence-electron chi connectivity index (χ3n) is 3.00. The molecule has 0 spiro atoms. The molecule has 6 heteroatoms. The predicted octanol–water partition coefficient (Wildman–Crippen LogP) is 1.29. The van der Waals surface area contributed by atoms with Gasteiger partial charge >= 0.3 is 0 Å². The van der Waals surface area contributed by atoms with Crippen LogP contribution in [0.4, 0.5) is 0 Å². The number of hydrogen-bond donors (Lipinski definition) is 2. The van der Waals surface area contributed by atoms with Crippen LogP contribution in [0.2, 0.25) is 5.02 Å². The third kappa shape index (κ3) is 2.63. The fourth-order valence-electron chi connectivity index (χ4n) is 2.03. The van der Waals surface area contributed by atoms with Crippen LogP contribution in [0.3, 0.4) is 0 Å². The van der Waals surface area contributed by atoms with Crippen molar-refractivity contribution in [3.05, 3.63) is 34.9 Å². The van der Waals surface area contributed by atoms with Gasteiger partial charge in [-0.3, -0.25) is 5.43 Å². The monoisotopic (exact) mass is 274 g/mol. The van der Waals surface area contributed by atoms with E-state index in [0.29, 0.717) is 11.6 Å². The van der Waals surface area contributed by atoms with E-state index in [1.807, 2.05) is 12.1 Å². The Morgan fingerprint density at radius 3 is 2.88 bits per heavy atom. The van der Waals surface area contributed by atoms with Gasteiger partial charge in [-0.05, 0) is 17.7 Å². The summed E-state index contributed by atoms with van der Waals surface area (Å²) in [5.41, 5.74) is 6.80. The highest BCUT2D eigenvalue weighted by atomic mass is 35.5. The Hall–Kier alpha value is -0.620. The van der Waals surface area contributed by atoms with Crippen LogP contribution in [0.25, 0.3) is 0 Å². The molecule has 2 unspecified atom stereocenters. The van der Waals surface area contributed by atoms with Crippen LogP contribution >= 0.6 is 11.6 Å². The number of rotatable bonds is 3. The standard InChI is InChI=1S/C11H15ClN2O2S/c1-2-17(15,16)10-7-13-14-11(10)8-4-3-5-9(12)6-8/h3-6,10-11,13-14H,2,7H2,1H3. The van der Waals surface area contributed by atoms with Gasteiger partial charge in [0.2, 0.25) is 0 Å². The minimum atomic E-state index is -3.08. The van der Waals surface area contributed by atoms with Crippen LogP contribution < -0.4 is 10.9 Å². The summed E-state index contributed by atoms with van der Waals surface area (Å²) in [6.07, 6.45) is 0. The zero-order valence-corrected chi connectivity index (χ0v) is 11.1. The fourth-order valence-corrected chi connectivity index (χ4v) is 3.63. The van der Waals surface area contributed by atoms with Gasteiger partial charge in [0.05, 0.1) is 11.3 Å². The highest BCUT2D eigenvalue weighted by Gasteiger charge is 2.37. The zero-order chi connectivity index (χ0) is 12.5. The molecule has 1 fully saturated rings. The second-order valence-electron chi connectivity index (χ2n) is 4.05. The molecule has 0 aromatic heterocycles. The molecule has 1 saturated heterocycles. The highest BCUT2D eigenvalue weighted by Crippen LogP contribution is 2.26. The summed E-state index contributed by atoms with van der Waals surface area (Å²) in [7, 11) is -3.08. The lowest BCUT2D eigenvalue weighted by Crippen LogP contribution is -2.31. The molecule has 2 N–H and O–H groups in total. The number of benzene rings is 1. The van der Waals surface area contributed by atoms with Crippen LogP contribution in [0, 0.1) is 0 Å². The van der Waals surface area contributed by atoms with E-state index in [4.69, 9.17) is 11.6 Å². The lowest BCUT2D eigenvalue weighted by atomic mass is 10.1. The van der Waals surface area contributed by atoms with Gasteiger partial charge in [-0.2, -0.15) is 0 Å². The Balaban J connectivity index is 2.32. The number of sulfone groups is 1. The fraction of sp³-hybridized carbons (Fsp3) is 0.455. The maximum Gasteiger partial charge on any atom is 0.156 e. The van der Waals surface area contributed by atoms with Gasteiger partial charge in [0.15, 0.2) is 9.84 Å². The summed E-state index contributed by atoms with van der Waals surface area (Å²) < 4.78 is 23.9. The quantitative estimate of drug-likeness (QED) is 0.872. The van der Waals surface area contributed by atoms with Crippen LogP contribution in [0.1, 0.15) is 18.5 Å². The Morgan fingerprint density at radius 1 is 1.47 bits per heavy atom. The van der Waals surface area contributed by atoms with Crippen molar-refractivity contribution >= 4 is 21.4 Å². The molecular weight excluding hydrogens is 260 g/mol. The normalized spacial score (nSPS) is 25.1. The van der Waals surface area contributed by atoms with E-state index < -0.39 is 15.1 Å². The molecule has 1 heterocycles. The van der Waals surface area contributed by atoms with Crippen molar-refractivity contribution in [1.29, 1.82) is 0 Å². The number of nitrogens with one attached hydrogen (secondary N) is 2. The largest absolute Gasteiger partial charge is 0.256 e. The molecule has 1 aromatic rings. The molecule has 0 amide bonds. The molecule has 1 aliphatic heterocycles. The molecule has 94 valence electrons. The van der Waals surface area contributed by atoms with Gasteiger partial charge in [0.1, 0.15) is 0 Å². The van der Waals surface area contributed by atoms with E-state index in [1.165, 1.54) is 0 Å². The van der Waals surface area contributed by atoms with Crippen molar-refractivity contribution in [3.8, 4) is 0 Å². The van der Waals surface area contributed by atoms with Gasteiger partial charge in [-0.1, -0.05) is 30.7 Å².